The van der Waals surface area contributed by atoms with Crippen molar-refractivity contribution in [3.05, 3.63) is 35.5 Å². The minimum atomic E-state index is -0.604. The monoisotopic (exact) mass is 390 g/mol. The molecule has 2 heterocycles. The Kier molecular flexibility index (Phi) is 5.41. The van der Waals surface area contributed by atoms with Crippen molar-refractivity contribution in [3.8, 4) is 5.75 Å². The fourth-order valence-electron chi connectivity index (χ4n) is 2.78. The van der Waals surface area contributed by atoms with Crippen molar-refractivity contribution in [3.63, 3.8) is 0 Å². The Hall–Kier alpha value is -2.55. The fourth-order valence-corrected chi connectivity index (χ4v) is 4.02. The van der Waals surface area contributed by atoms with Crippen LogP contribution in [-0.4, -0.2) is 50.9 Å². The summed E-state index contributed by atoms with van der Waals surface area (Å²) in [6.07, 6.45) is 0. The Morgan fingerprint density at radius 2 is 1.93 bits per heavy atom. The Labute approximate surface area is 161 Å². The van der Waals surface area contributed by atoms with Gasteiger partial charge in [-0.15, -0.1) is 5.10 Å². The van der Waals surface area contributed by atoms with Gasteiger partial charge < -0.3 is 14.9 Å². The number of thioether (sulfide) groups is 1. The summed E-state index contributed by atoms with van der Waals surface area (Å²) in [5.41, 5.74) is 3.23. The molecule has 3 rings (SSSR count). The van der Waals surface area contributed by atoms with Crippen LogP contribution < -0.4 is 10.2 Å². The van der Waals surface area contributed by atoms with Crippen molar-refractivity contribution in [1.82, 2.24) is 15.1 Å². The van der Waals surface area contributed by atoms with Crippen LogP contribution >= 0.6 is 11.8 Å². The number of esters is 1. The van der Waals surface area contributed by atoms with Gasteiger partial charge in [-0.3, -0.25) is 4.79 Å². The van der Waals surface area contributed by atoms with Gasteiger partial charge >= 0.3 is 5.97 Å². The first-order valence-electron chi connectivity index (χ1n) is 8.72. The van der Waals surface area contributed by atoms with Gasteiger partial charge in [-0.25, -0.2) is 4.79 Å². The summed E-state index contributed by atoms with van der Waals surface area (Å²) in [6, 6.07) is 7.06. The molecule has 1 aromatic carbocycles. The van der Waals surface area contributed by atoms with Crippen molar-refractivity contribution in [1.29, 1.82) is 0 Å². The first-order valence-corrected chi connectivity index (χ1v) is 9.60. The maximum absolute atomic E-state index is 13.2. The largest absolute Gasteiger partial charge is 0.494 e. The summed E-state index contributed by atoms with van der Waals surface area (Å²) < 4.78 is 10.5. The molecule has 8 nitrogen and oxygen atoms in total. The zero-order valence-corrected chi connectivity index (χ0v) is 16.5. The molecular weight excluding hydrogens is 368 g/mol. The Bertz CT molecular complexity index is 848. The number of hydrogen-bond donors (Lipinski definition) is 1. The Balaban J connectivity index is 1.88. The van der Waals surface area contributed by atoms with Crippen LogP contribution in [-0.2, 0) is 4.74 Å². The molecule has 0 bridgehead atoms. The number of carbonyl (C=O) groups excluding carboxylic acids is 2. The molecule has 0 aliphatic carbocycles. The summed E-state index contributed by atoms with van der Waals surface area (Å²) in [7, 11) is 0. The number of rotatable bonds is 6. The molecule has 1 aliphatic rings. The van der Waals surface area contributed by atoms with E-state index >= 15 is 0 Å². The highest BCUT2D eigenvalue weighted by atomic mass is 32.2. The SMILES string of the molecule is CCOC(=O)c1nnn2c1S[C@H](C(=O)c1ccc(OCC)cc1)C(C)(C)N2. The lowest BCUT2D eigenvalue weighted by molar-refractivity contribution is 0.0514. The number of carbonyl (C=O) groups is 2. The summed E-state index contributed by atoms with van der Waals surface area (Å²) in [5.74, 6) is 0.109. The average Bonchev–Trinajstić information content (AvgIpc) is 3.03. The van der Waals surface area contributed by atoms with E-state index in [1.807, 2.05) is 20.8 Å². The van der Waals surface area contributed by atoms with E-state index in [9.17, 15) is 9.59 Å². The molecule has 0 saturated heterocycles. The van der Waals surface area contributed by atoms with Gasteiger partial charge in [0, 0.05) is 5.56 Å². The van der Waals surface area contributed by atoms with Crippen molar-refractivity contribution >= 4 is 23.5 Å². The lowest BCUT2D eigenvalue weighted by atomic mass is 9.94. The first-order chi connectivity index (χ1) is 12.9. The summed E-state index contributed by atoms with van der Waals surface area (Å²) in [5, 5.41) is 7.86. The second-order valence-corrected chi connectivity index (χ2v) is 7.62. The third kappa shape index (κ3) is 3.78. The van der Waals surface area contributed by atoms with Crippen LogP contribution in [0.25, 0.3) is 0 Å². The number of ether oxygens (including phenoxy) is 2. The second-order valence-electron chi connectivity index (χ2n) is 6.53. The van der Waals surface area contributed by atoms with E-state index in [4.69, 9.17) is 9.47 Å². The normalized spacial score (nSPS) is 17.6. The number of benzene rings is 1. The van der Waals surface area contributed by atoms with Crippen LogP contribution in [0.1, 0.15) is 48.5 Å². The Morgan fingerprint density at radius 3 is 2.56 bits per heavy atom. The summed E-state index contributed by atoms with van der Waals surface area (Å²) >= 11 is 1.26. The standard InChI is InChI=1S/C18H22N4O4S/c1-5-25-12-9-7-11(8-10-12)14(23)15-18(3,4)20-22-16(27-15)13(19-21-22)17(24)26-6-2/h7-10,15,20H,5-6H2,1-4H3/t15-/m1/s1. The molecule has 1 atom stereocenters. The van der Waals surface area contributed by atoms with Crippen LogP contribution in [0.4, 0.5) is 0 Å². The fraction of sp³-hybridized carbons (Fsp3) is 0.444. The van der Waals surface area contributed by atoms with Gasteiger partial charge in [0.2, 0.25) is 5.69 Å². The zero-order valence-electron chi connectivity index (χ0n) is 15.7. The summed E-state index contributed by atoms with van der Waals surface area (Å²) in [4.78, 5) is 26.7. The van der Waals surface area contributed by atoms with Crippen molar-refractivity contribution in [2.75, 3.05) is 18.6 Å². The van der Waals surface area contributed by atoms with Crippen molar-refractivity contribution in [2.45, 2.75) is 43.5 Å². The predicted octanol–water partition coefficient (Wildman–Crippen LogP) is 2.53. The molecular formula is C18H22N4O4S. The van der Waals surface area contributed by atoms with Gasteiger partial charge in [0.15, 0.2) is 10.8 Å². The molecule has 0 saturated carbocycles. The number of hydrogen-bond acceptors (Lipinski definition) is 8. The number of Topliss-reactive ketones (excluding diaryl/α,β-unsaturated/α-hetero) is 1. The van der Waals surface area contributed by atoms with Gasteiger partial charge in [-0.05, 0) is 57.2 Å². The van der Waals surface area contributed by atoms with Crippen LogP contribution in [0, 0.1) is 0 Å². The molecule has 9 heteroatoms. The quantitative estimate of drug-likeness (QED) is 0.594. The van der Waals surface area contributed by atoms with Gasteiger partial charge in [0.05, 0.1) is 24.0 Å². The molecule has 2 aromatic rings. The minimum Gasteiger partial charge on any atom is -0.494 e. The highest BCUT2D eigenvalue weighted by Gasteiger charge is 2.43. The van der Waals surface area contributed by atoms with E-state index in [2.05, 4.69) is 15.7 Å². The lowest BCUT2D eigenvalue weighted by Crippen LogP contribution is -2.53. The second kappa shape index (κ2) is 7.59. The molecule has 27 heavy (non-hydrogen) atoms. The maximum Gasteiger partial charge on any atom is 0.361 e. The molecule has 0 amide bonds. The lowest BCUT2D eigenvalue weighted by Gasteiger charge is -2.38. The maximum atomic E-state index is 13.2. The van der Waals surface area contributed by atoms with E-state index in [0.717, 1.165) is 5.75 Å². The van der Waals surface area contributed by atoms with E-state index in [-0.39, 0.29) is 18.1 Å². The average molecular weight is 390 g/mol. The third-order valence-electron chi connectivity index (χ3n) is 4.06. The molecule has 144 valence electrons. The minimum absolute atomic E-state index is 0.0530. The van der Waals surface area contributed by atoms with Gasteiger partial charge in [-0.1, -0.05) is 11.8 Å². The van der Waals surface area contributed by atoms with Crippen LogP contribution in [0.5, 0.6) is 5.75 Å². The van der Waals surface area contributed by atoms with E-state index in [1.165, 1.54) is 16.6 Å². The molecule has 0 fully saturated rings. The number of nitrogens with one attached hydrogen (secondary N) is 1. The Morgan fingerprint density at radius 1 is 1.22 bits per heavy atom. The third-order valence-corrected chi connectivity index (χ3v) is 5.69. The van der Waals surface area contributed by atoms with Crippen LogP contribution in [0.3, 0.4) is 0 Å². The first kappa shape index (κ1) is 19.2. The molecule has 1 aliphatic heterocycles. The molecule has 0 radical (unpaired) electrons. The van der Waals surface area contributed by atoms with Crippen LogP contribution in [0.2, 0.25) is 0 Å². The molecule has 1 aromatic heterocycles. The van der Waals surface area contributed by atoms with E-state index in [0.29, 0.717) is 17.2 Å². The van der Waals surface area contributed by atoms with Crippen LogP contribution in [0.15, 0.2) is 29.3 Å². The number of fused-ring (bicyclic) bond motifs is 1. The van der Waals surface area contributed by atoms with Crippen molar-refractivity contribution < 1.29 is 19.1 Å². The van der Waals surface area contributed by atoms with Gasteiger partial charge in [0.1, 0.15) is 5.75 Å². The zero-order chi connectivity index (χ0) is 19.6. The highest BCUT2D eigenvalue weighted by molar-refractivity contribution is 8.00. The van der Waals surface area contributed by atoms with Crippen molar-refractivity contribution in [2.24, 2.45) is 0 Å². The highest BCUT2D eigenvalue weighted by Crippen LogP contribution is 2.38. The van der Waals surface area contributed by atoms with E-state index < -0.39 is 16.8 Å². The summed E-state index contributed by atoms with van der Waals surface area (Å²) in [6.45, 7) is 8.25. The predicted molar refractivity (Wildman–Crippen MR) is 101 cm³/mol. The number of ketones is 1. The van der Waals surface area contributed by atoms with E-state index in [1.54, 1.807) is 31.2 Å². The molecule has 0 spiro atoms. The molecule has 1 N–H and O–H groups in total. The number of aromatic nitrogens is 3. The molecule has 0 unspecified atom stereocenters. The van der Waals surface area contributed by atoms with Gasteiger partial charge in [0.25, 0.3) is 0 Å². The smallest absolute Gasteiger partial charge is 0.361 e. The van der Waals surface area contributed by atoms with Gasteiger partial charge in [-0.2, -0.15) is 4.79 Å². The topological polar surface area (TPSA) is 95.3 Å². The number of nitrogens with zero attached hydrogens (tertiary/aromatic N) is 3.